The van der Waals surface area contributed by atoms with Gasteiger partial charge in [0.1, 0.15) is 0 Å². The van der Waals surface area contributed by atoms with Crippen LogP contribution >= 0.6 is 27.3 Å². The number of hydrogen-bond acceptors (Lipinski definition) is 3. The van der Waals surface area contributed by atoms with Crippen molar-refractivity contribution in [2.75, 3.05) is 0 Å². The summed E-state index contributed by atoms with van der Waals surface area (Å²) in [5, 5.41) is 3.37. The lowest BCUT2D eigenvalue weighted by Crippen LogP contribution is -2.12. The van der Waals surface area contributed by atoms with E-state index in [1.807, 2.05) is 6.92 Å². The smallest absolute Gasteiger partial charge is 0.0925 e. The monoisotopic (exact) mass is 285 g/mol. The highest BCUT2D eigenvalue weighted by Gasteiger charge is 2.01. The maximum Gasteiger partial charge on any atom is 0.0925 e. The van der Waals surface area contributed by atoms with Gasteiger partial charge in [0.2, 0.25) is 0 Å². The highest BCUT2D eigenvalue weighted by molar-refractivity contribution is 9.11. The van der Waals surface area contributed by atoms with E-state index in [9.17, 15) is 0 Å². The van der Waals surface area contributed by atoms with E-state index in [4.69, 9.17) is 0 Å². The van der Waals surface area contributed by atoms with E-state index in [0.717, 1.165) is 24.5 Å². The summed E-state index contributed by atoms with van der Waals surface area (Å²) in [6.45, 7) is 3.74. The van der Waals surface area contributed by atoms with Crippen molar-refractivity contribution in [1.82, 2.24) is 15.3 Å². The first kappa shape index (κ1) is 10.9. The molecule has 0 atom stereocenters. The largest absolute Gasteiger partial charge is 0.348 e. The van der Waals surface area contributed by atoms with Crippen LogP contribution < -0.4 is 5.32 Å². The zero-order valence-electron chi connectivity index (χ0n) is 8.38. The summed E-state index contributed by atoms with van der Waals surface area (Å²) in [5.41, 5.74) is 2.22. The first-order chi connectivity index (χ1) is 7.25. The number of aromatic nitrogens is 2. The van der Waals surface area contributed by atoms with Gasteiger partial charge in [-0.15, -0.1) is 11.3 Å². The molecule has 2 heterocycles. The zero-order valence-corrected chi connectivity index (χ0v) is 10.8. The molecule has 80 valence electrons. The lowest BCUT2D eigenvalue weighted by molar-refractivity contribution is 0.686. The number of nitrogens with one attached hydrogen (secondary N) is 2. The molecule has 0 aliphatic heterocycles. The Hall–Kier alpha value is -0.650. The molecule has 0 fully saturated rings. The maximum absolute atomic E-state index is 4.23. The summed E-state index contributed by atoms with van der Waals surface area (Å²) in [6, 6.07) is 4.20. The van der Waals surface area contributed by atoms with Crippen molar-refractivity contribution in [3.63, 3.8) is 0 Å². The molecule has 0 saturated heterocycles. The topological polar surface area (TPSA) is 40.7 Å². The highest BCUT2D eigenvalue weighted by Crippen LogP contribution is 2.21. The third kappa shape index (κ3) is 2.90. The first-order valence-corrected chi connectivity index (χ1v) is 6.30. The molecule has 2 rings (SSSR count). The van der Waals surface area contributed by atoms with Gasteiger partial charge in [-0.25, -0.2) is 4.98 Å². The Kier molecular flexibility index (Phi) is 3.56. The second-order valence-corrected chi connectivity index (χ2v) is 5.83. The van der Waals surface area contributed by atoms with Crippen molar-refractivity contribution in [2.24, 2.45) is 0 Å². The van der Waals surface area contributed by atoms with Crippen LogP contribution in [0.5, 0.6) is 0 Å². The second kappa shape index (κ2) is 4.92. The molecule has 0 bridgehead atoms. The number of aromatic amines is 1. The fraction of sp³-hybridized carbons (Fsp3) is 0.300. The predicted octanol–water partition coefficient (Wildman–Crippen LogP) is 2.83. The molecule has 0 aromatic carbocycles. The van der Waals surface area contributed by atoms with E-state index >= 15 is 0 Å². The Labute approximate surface area is 101 Å². The van der Waals surface area contributed by atoms with Crippen molar-refractivity contribution in [2.45, 2.75) is 20.0 Å². The molecule has 0 spiro atoms. The minimum Gasteiger partial charge on any atom is -0.348 e. The van der Waals surface area contributed by atoms with Gasteiger partial charge in [-0.3, -0.25) is 0 Å². The first-order valence-electron chi connectivity index (χ1n) is 4.69. The van der Waals surface area contributed by atoms with E-state index in [0.29, 0.717) is 0 Å². The van der Waals surface area contributed by atoms with E-state index in [1.54, 1.807) is 17.7 Å². The average molecular weight is 286 g/mol. The van der Waals surface area contributed by atoms with Crippen LogP contribution in [-0.4, -0.2) is 9.97 Å². The highest BCUT2D eigenvalue weighted by atomic mass is 79.9. The minimum atomic E-state index is 0.810. The fourth-order valence-corrected chi connectivity index (χ4v) is 2.77. The van der Waals surface area contributed by atoms with E-state index in [2.05, 4.69) is 43.3 Å². The van der Waals surface area contributed by atoms with Gasteiger partial charge in [0.15, 0.2) is 0 Å². The molecule has 5 heteroatoms. The van der Waals surface area contributed by atoms with Crippen LogP contribution in [0, 0.1) is 6.92 Å². The number of nitrogens with zero attached hydrogens (tertiary/aromatic N) is 1. The SMILES string of the molecule is Cc1[nH]cnc1CNCc1ccc(Br)s1. The van der Waals surface area contributed by atoms with Crippen molar-refractivity contribution in [3.8, 4) is 0 Å². The van der Waals surface area contributed by atoms with Crippen LogP contribution in [0.4, 0.5) is 0 Å². The number of rotatable bonds is 4. The molecule has 2 aromatic rings. The molecule has 0 saturated carbocycles. The maximum atomic E-state index is 4.23. The summed E-state index contributed by atoms with van der Waals surface area (Å²) in [5.74, 6) is 0. The summed E-state index contributed by atoms with van der Waals surface area (Å²) < 4.78 is 1.18. The molecule has 0 amide bonds. The predicted molar refractivity (Wildman–Crippen MR) is 65.9 cm³/mol. The molecule has 3 nitrogen and oxygen atoms in total. The van der Waals surface area contributed by atoms with Crippen molar-refractivity contribution in [3.05, 3.63) is 38.5 Å². The number of halogens is 1. The summed E-state index contributed by atoms with van der Waals surface area (Å²) >= 11 is 5.20. The van der Waals surface area contributed by atoms with Crippen LogP contribution in [-0.2, 0) is 13.1 Å². The molecule has 0 aliphatic carbocycles. The number of hydrogen-bond donors (Lipinski definition) is 2. The third-order valence-electron chi connectivity index (χ3n) is 2.15. The average Bonchev–Trinajstić information content (AvgIpc) is 2.77. The molecule has 2 aromatic heterocycles. The van der Waals surface area contributed by atoms with Gasteiger partial charge >= 0.3 is 0 Å². The van der Waals surface area contributed by atoms with Crippen LogP contribution in [0.15, 0.2) is 22.2 Å². The second-order valence-electron chi connectivity index (χ2n) is 3.28. The Morgan fingerprint density at radius 2 is 2.33 bits per heavy atom. The van der Waals surface area contributed by atoms with Gasteiger partial charge in [-0.2, -0.15) is 0 Å². The van der Waals surface area contributed by atoms with Gasteiger partial charge in [0, 0.05) is 23.7 Å². The summed E-state index contributed by atoms with van der Waals surface area (Å²) in [4.78, 5) is 8.62. The van der Waals surface area contributed by atoms with Crippen LogP contribution in [0.25, 0.3) is 0 Å². The number of H-pyrrole nitrogens is 1. The Morgan fingerprint density at radius 1 is 1.47 bits per heavy atom. The zero-order chi connectivity index (χ0) is 10.7. The molecule has 2 N–H and O–H groups in total. The third-order valence-corrected chi connectivity index (χ3v) is 3.78. The molecule has 15 heavy (non-hydrogen) atoms. The summed E-state index contributed by atoms with van der Waals surface area (Å²) in [6.07, 6.45) is 1.73. The van der Waals surface area contributed by atoms with Crippen molar-refractivity contribution in [1.29, 1.82) is 0 Å². The van der Waals surface area contributed by atoms with Crippen molar-refractivity contribution >= 4 is 27.3 Å². The Balaban J connectivity index is 1.83. The van der Waals surface area contributed by atoms with Gasteiger partial charge in [-0.05, 0) is 35.0 Å². The molecular formula is C10H12BrN3S. The van der Waals surface area contributed by atoms with Crippen LogP contribution in [0.1, 0.15) is 16.3 Å². The van der Waals surface area contributed by atoms with Crippen LogP contribution in [0.2, 0.25) is 0 Å². The number of aryl methyl sites for hydroxylation is 1. The normalized spacial score (nSPS) is 10.8. The number of thiophene rings is 1. The lowest BCUT2D eigenvalue weighted by Gasteiger charge is -2.00. The standard InChI is InChI=1S/C10H12BrN3S/c1-7-9(14-6-13-7)5-12-4-8-2-3-10(11)15-8/h2-3,6,12H,4-5H2,1H3,(H,13,14). The molecule has 0 aliphatic rings. The van der Waals surface area contributed by atoms with E-state index < -0.39 is 0 Å². The minimum absolute atomic E-state index is 0.810. The van der Waals surface area contributed by atoms with Crippen molar-refractivity contribution < 1.29 is 0 Å². The summed E-state index contributed by atoms with van der Waals surface area (Å²) in [7, 11) is 0. The van der Waals surface area contributed by atoms with Gasteiger partial charge < -0.3 is 10.3 Å². The Bertz CT molecular complexity index is 435. The quantitative estimate of drug-likeness (QED) is 0.907. The number of imidazole rings is 1. The van der Waals surface area contributed by atoms with Gasteiger partial charge in [-0.1, -0.05) is 0 Å². The Morgan fingerprint density at radius 3 is 2.93 bits per heavy atom. The van der Waals surface area contributed by atoms with E-state index in [-0.39, 0.29) is 0 Å². The molecule has 0 radical (unpaired) electrons. The lowest BCUT2D eigenvalue weighted by atomic mass is 10.3. The van der Waals surface area contributed by atoms with Gasteiger partial charge in [0.25, 0.3) is 0 Å². The van der Waals surface area contributed by atoms with Gasteiger partial charge in [0.05, 0.1) is 15.8 Å². The van der Waals surface area contributed by atoms with Crippen LogP contribution in [0.3, 0.4) is 0 Å². The molecule has 0 unspecified atom stereocenters. The van der Waals surface area contributed by atoms with E-state index in [1.165, 1.54) is 8.66 Å². The molecular weight excluding hydrogens is 274 g/mol. The fourth-order valence-electron chi connectivity index (χ4n) is 1.32.